The van der Waals surface area contributed by atoms with Gasteiger partial charge in [-0.1, -0.05) is 6.92 Å². The van der Waals surface area contributed by atoms with E-state index in [0.29, 0.717) is 12.6 Å². The van der Waals surface area contributed by atoms with Gasteiger partial charge in [0.25, 0.3) is 0 Å². The zero-order chi connectivity index (χ0) is 11.4. The molecule has 0 bridgehead atoms. The summed E-state index contributed by atoms with van der Waals surface area (Å²) in [5.41, 5.74) is 1.22. The molecule has 16 heavy (non-hydrogen) atoms. The molecule has 1 aromatic heterocycles. The third kappa shape index (κ3) is 2.61. The average molecular weight is 224 g/mol. The number of hydrogen-bond acceptors (Lipinski definition) is 4. The Bertz CT molecular complexity index is 322. The van der Waals surface area contributed by atoms with Crippen molar-refractivity contribution >= 4 is 0 Å². The highest BCUT2D eigenvalue weighted by molar-refractivity contribution is 5.04. The van der Waals surface area contributed by atoms with Gasteiger partial charge in [0.05, 0.1) is 19.3 Å². The van der Waals surface area contributed by atoms with E-state index in [-0.39, 0.29) is 6.61 Å². The zero-order valence-corrected chi connectivity index (χ0v) is 9.76. The minimum atomic E-state index is 0.144. The van der Waals surface area contributed by atoms with Crippen LogP contribution in [0.25, 0.3) is 0 Å². The van der Waals surface area contributed by atoms with Crippen LogP contribution in [0, 0.1) is 0 Å². The normalized spacial score (nSPS) is 16.7. The van der Waals surface area contributed by atoms with E-state index in [2.05, 4.69) is 22.2 Å². The summed E-state index contributed by atoms with van der Waals surface area (Å²) in [7, 11) is 0. The molecular formula is C11H20N4O. The first-order valence-corrected chi connectivity index (χ1v) is 5.90. The number of likely N-dealkylation sites (N-methyl/N-ethyl adjacent to an activating group) is 1. The Morgan fingerprint density at radius 3 is 3.00 bits per heavy atom. The summed E-state index contributed by atoms with van der Waals surface area (Å²) in [4.78, 5) is 2.46. The van der Waals surface area contributed by atoms with E-state index in [1.807, 2.05) is 12.4 Å². The van der Waals surface area contributed by atoms with Crippen LogP contribution in [0.4, 0.5) is 0 Å². The lowest BCUT2D eigenvalue weighted by molar-refractivity contribution is 0.145. The predicted octanol–water partition coefficient (Wildman–Crippen LogP) is -0.331. The van der Waals surface area contributed by atoms with E-state index in [4.69, 9.17) is 5.11 Å². The Hall–Kier alpha value is -0.910. The lowest BCUT2D eigenvalue weighted by atomic mass is 10.1. The van der Waals surface area contributed by atoms with Gasteiger partial charge in [0.1, 0.15) is 0 Å². The Morgan fingerprint density at radius 1 is 1.62 bits per heavy atom. The molecule has 2 heterocycles. The van der Waals surface area contributed by atoms with E-state index in [0.717, 1.165) is 26.2 Å². The molecule has 0 unspecified atom stereocenters. The highest BCUT2D eigenvalue weighted by Gasteiger charge is 2.23. The van der Waals surface area contributed by atoms with Crippen LogP contribution in [0.5, 0.6) is 0 Å². The van der Waals surface area contributed by atoms with Gasteiger partial charge in [-0.2, -0.15) is 5.10 Å². The van der Waals surface area contributed by atoms with Crippen molar-refractivity contribution in [2.75, 3.05) is 26.2 Å². The maximum absolute atomic E-state index is 8.81. The van der Waals surface area contributed by atoms with Gasteiger partial charge >= 0.3 is 0 Å². The van der Waals surface area contributed by atoms with E-state index in [9.17, 15) is 0 Å². The first kappa shape index (κ1) is 11.6. The monoisotopic (exact) mass is 224 g/mol. The smallest absolute Gasteiger partial charge is 0.0640 e. The zero-order valence-electron chi connectivity index (χ0n) is 9.76. The third-order valence-electron chi connectivity index (χ3n) is 3.08. The molecular weight excluding hydrogens is 204 g/mol. The Labute approximate surface area is 96.1 Å². The summed E-state index contributed by atoms with van der Waals surface area (Å²) in [5, 5.41) is 16.3. The highest BCUT2D eigenvalue weighted by atomic mass is 16.3. The summed E-state index contributed by atoms with van der Waals surface area (Å²) in [5.74, 6) is 0. The topological polar surface area (TPSA) is 53.3 Å². The fraction of sp³-hybridized carbons (Fsp3) is 0.727. The molecule has 5 heteroatoms. The summed E-state index contributed by atoms with van der Waals surface area (Å²) in [6.45, 7) is 7.13. The Kier molecular flexibility index (Phi) is 3.93. The van der Waals surface area contributed by atoms with Crippen molar-refractivity contribution in [1.82, 2.24) is 20.0 Å². The number of rotatable bonds is 6. The van der Waals surface area contributed by atoms with Crippen LogP contribution in [0.1, 0.15) is 12.5 Å². The van der Waals surface area contributed by atoms with Gasteiger partial charge in [0.2, 0.25) is 0 Å². The van der Waals surface area contributed by atoms with Gasteiger partial charge in [-0.25, -0.2) is 0 Å². The van der Waals surface area contributed by atoms with Gasteiger partial charge < -0.3 is 10.4 Å². The number of nitrogens with zero attached hydrogens (tertiary/aromatic N) is 3. The minimum absolute atomic E-state index is 0.144. The summed E-state index contributed by atoms with van der Waals surface area (Å²) >= 11 is 0. The maximum Gasteiger partial charge on any atom is 0.0640 e. The van der Waals surface area contributed by atoms with Crippen LogP contribution < -0.4 is 5.32 Å². The standard InChI is InChI=1S/C11H20N4O/c1-2-14(11-6-12-7-11)8-10-5-13-15(9-10)3-4-16/h5,9,11-12,16H,2-4,6-8H2,1H3. The first-order valence-electron chi connectivity index (χ1n) is 5.90. The number of nitrogens with one attached hydrogen (secondary N) is 1. The number of aliphatic hydroxyl groups excluding tert-OH is 1. The molecule has 90 valence electrons. The van der Waals surface area contributed by atoms with Crippen LogP contribution in [0.15, 0.2) is 12.4 Å². The number of aliphatic hydroxyl groups is 1. The Balaban J connectivity index is 1.90. The summed E-state index contributed by atoms with van der Waals surface area (Å²) < 4.78 is 1.79. The third-order valence-corrected chi connectivity index (χ3v) is 3.08. The molecule has 0 saturated carbocycles. The largest absolute Gasteiger partial charge is 0.394 e. The molecule has 0 aliphatic carbocycles. The van der Waals surface area contributed by atoms with Gasteiger partial charge in [-0.15, -0.1) is 0 Å². The average Bonchev–Trinajstić information content (AvgIpc) is 2.62. The second-order valence-electron chi connectivity index (χ2n) is 4.21. The molecule has 0 aromatic carbocycles. The minimum Gasteiger partial charge on any atom is -0.394 e. The molecule has 0 radical (unpaired) electrons. The molecule has 0 amide bonds. The number of hydrogen-bond donors (Lipinski definition) is 2. The summed E-state index contributed by atoms with van der Waals surface area (Å²) in [6.07, 6.45) is 3.91. The van der Waals surface area contributed by atoms with Crippen molar-refractivity contribution in [3.63, 3.8) is 0 Å². The van der Waals surface area contributed by atoms with E-state index in [1.165, 1.54) is 5.56 Å². The molecule has 2 rings (SSSR count). The summed E-state index contributed by atoms with van der Waals surface area (Å²) in [6, 6.07) is 0.672. The predicted molar refractivity (Wildman–Crippen MR) is 62.1 cm³/mol. The van der Waals surface area contributed by atoms with E-state index in [1.54, 1.807) is 4.68 Å². The van der Waals surface area contributed by atoms with Crippen molar-refractivity contribution in [2.45, 2.75) is 26.1 Å². The quantitative estimate of drug-likeness (QED) is 0.695. The molecule has 1 aromatic rings. The molecule has 2 N–H and O–H groups in total. The lowest BCUT2D eigenvalue weighted by Crippen LogP contribution is -2.56. The van der Waals surface area contributed by atoms with Gasteiger partial charge in [-0.3, -0.25) is 9.58 Å². The van der Waals surface area contributed by atoms with Crippen molar-refractivity contribution in [2.24, 2.45) is 0 Å². The van der Waals surface area contributed by atoms with Gasteiger partial charge in [0, 0.05) is 37.4 Å². The van der Waals surface area contributed by atoms with Crippen LogP contribution in [0.2, 0.25) is 0 Å². The second kappa shape index (κ2) is 5.43. The van der Waals surface area contributed by atoms with Crippen LogP contribution in [0.3, 0.4) is 0 Å². The lowest BCUT2D eigenvalue weighted by Gasteiger charge is -2.37. The molecule has 0 atom stereocenters. The highest BCUT2D eigenvalue weighted by Crippen LogP contribution is 2.10. The van der Waals surface area contributed by atoms with Gasteiger partial charge in [0.15, 0.2) is 0 Å². The maximum atomic E-state index is 8.81. The van der Waals surface area contributed by atoms with Crippen LogP contribution in [-0.4, -0.2) is 52.1 Å². The fourth-order valence-electron chi connectivity index (χ4n) is 1.98. The van der Waals surface area contributed by atoms with Gasteiger partial charge in [-0.05, 0) is 6.54 Å². The number of aromatic nitrogens is 2. The van der Waals surface area contributed by atoms with Crippen molar-refractivity contribution in [1.29, 1.82) is 0 Å². The molecule has 1 saturated heterocycles. The molecule has 1 aliphatic heterocycles. The van der Waals surface area contributed by atoms with E-state index < -0.39 is 0 Å². The fourth-order valence-corrected chi connectivity index (χ4v) is 1.98. The SMILES string of the molecule is CCN(Cc1cnn(CCO)c1)C1CNC1. The first-order chi connectivity index (χ1) is 7.83. The van der Waals surface area contributed by atoms with Crippen molar-refractivity contribution in [3.8, 4) is 0 Å². The van der Waals surface area contributed by atoms with Crippen molar-refractivity contribution < 1.29 is 5.11 Å². The Morgan fingerprint density at radius 2 is 2.44 bits per heavy atom. The molecule has 1 aliphatic rings. The second-order valence-corrected chi connectivity index (χ2v) is 4.21. The van der Waals surface area contributed by atoms with Crippen LogP contribution >= 0.6 is 0 Å². The van der Waals surface area contributed by atoms with E-state index >= 15 is 0 Å². The molecule has 5 nitrogen and oxygen atoms in total. The molecule has 1 fully saturated rings. The molecule has 0 spiro atoms. The van der Waals surface area contributed by atoms with Crippen LogP contribution in [-0.2, 0) is 13.1 Å². The van der Waals surface area contributed by atoms with Crippen molar-refractivity contribution in [3.05, 3.63) is 18.0 Å².